The lowest BCUT2D eigenvalue weighted by Gasteiger charge is -2.27. The Hall–Kier alpha value is -2.42. The van der Waals surface area contributed by atoms with Crippen LogP contribution in [0.3, 0.4) is 0 Å². The number of hydrogen-bond acceptors (Lipinski definition) is 2. The summed E-state index contributed by atoms with van der Waals surface area (Å²) in [6.07, 6.45) is 0.815. The van der Waals surface area contributed by atoms with Crippen molar-refractivity contribution in [3.8, 4) is 0 Å². The number of nitrogens with zero attached hydrogens (tertiary/aromatic N) is 1. The molecule has 1 unspecified atom stereocenters. The number of nitrogens with one attached hydrogen (secondary N) is 1. The molecular formula is C19H20N2O. The molecule has 3 nitrogen and oxygen atoms in total. The van der Waals surface area contributed by atoms with E-state index in [0.29, 0.717) is 0 Å². The van der Waals surface area contributed by atoms with Crippen LogP contribution in [0.25, 0.3) is 0 Å². The van der Waals surface area contributed by atoms with E-state index in [9.17, 15) is 4.79 Å². The van der Waals surface area contributed by atoms with Crippen molar-refractivity contribution in [3.63, 3.8) is 0 Å². The van der Waals surface area contributed by atoms with Gasteiger partial charge in [-0.2, -0.15) is 0 Å². The number of carbonyl (C=O) groups is 1. The molecule has 0 aliphatic carbocycles. The van der Waals surface area contributed by atoms with Crippen molar-refractivity contribution < 1.29 is 4.79 Å². The third kappa shape index (κ3) is 2.43. The van der Waals surface area contributed by atoms with Gasteiger partial charge in [0, 0.05) is 23.7 Å². The molecule has 1 amide bonds. The Morgan fingerprint density at radius 2 is 1.82 bits per heavy atom. The van der Waals surface area contributed by atoms with Crippen molar-refractivity contribution in [3.05, 3.63) is 59.7 Å². The van der Waals surface area contributed by atoms with Crippen LogP contribution in [0, 0.1) is 0 Å². The van der Waals surface area contributed by atoms with Crippen molar-refractivity contribution in [2.24, 2.45) is 4.99 Å². The van der Waals surface area contributed by atoms with Gasteiger partial charge in [-0.25, -0.2) is 0 Å². The largest absolute Gasteiger partial charge is 0.326 e. The highest BCUT2D eigenvalue weighted by atomic mass is 16.1. The summed E-state index contributed by atoms with van der Waals surface area (Å²) in [5.74, 6) is -0.0465. The lowest BCUT2D eigenvalue weighted by atomic mass is 9.75. The standard InChI is InChI=1S/C19H20N2O/c1-13-19(3,16-9-5-7-11-18(16)20-13)12-15-8-4-6-10-17(15)21-14(2)22/h4-11H,12H2,1-3H3,(H,21,22). The van der Waals surface area contributed by atoms with Gasteiger partial charge in [0.15, 0.2) is 0 Å². The minimum Gasteiger partial charge on any atom is -0.326 e. The minimum atomic E-state index is -0.134. The molecule has 0 radical (unpaired) electrons. The Labute approximate surface area is 131 Å². The Morgan fingerprint density at radius 3 is 2.59 bits per heavy atom. The van der Waals surface area contributed by atoms with E-state index in [0.717, 1.165) is 29.1 Å². The third-order valence-corrected chi connectivity index (χ3v) is 4.46. The van der Waals surface area contributed by atoms with Gasteiger partial charge in [0.2, 0.25) is 5.91 Å². The topological polar surface area (TPSA) is 41.5 Å². The fraction of sp³-hybridized carbons (Fsp3) is 0.263. The average Bonchev–Trinajstić information content (AvgIpc) is 2.73. The summed E-state index contributed by atoms with van der Waals surface area (Å²) in [6, 6.07) is 16.3. The van der Waals surface area contributed by atoms with Crippen molar-refractivity contribution >= 4 is 23.0 Å². The van der Waals surface area contributed by atoms with E-state index >= 15 is 0 Å². The maximum Gasteiger partial charge on any atom is 0.221 e. The second-order valence-corrected chi connectivity index (χ2v) is 6.06. The monoisotopic (exact) mass is 292 g/mol. The highest BCUT2D eigenvalue weighted by Gasteiger charge is 2.37. The van der Waals surface area contributed by atoms with Crippen LogP contribution in [0.2, 0.25) is 0 Å². The zero-order valence-electron chi connectivity index (χ0n) is 13.2. The molecule has 1 aliphatic rings. The van der Waals surface area contributed by atoms with Crippen molar-refractivity contribution in [1.29, 1.82) is 0 Å². The molecule has 1 aliphatic heterocycles. The maximum absolute atomic E-state index is 11.4. The molecule has 1 heterocycles. The summed E-state index contributed by atoms with van der Waals surface area (Å²) in [4.78, 5) is 16.1. The molecule has 0 spiro atoms. The van der Waals surface area contributed by atoms with Crippen molar-refractivity contribution in [2.45, 2.75) is 32.6 Å². The smallest absolute Gasteiger partial charge is 0.221 e. The van der Waals surface area contributed by atoms with E-state index in [1.807, 2.05) is 24.3 Å². The van der Waals surface area contributed by atoms with Crippen LogP contribution in [-0.2, 0) is 16.6 Å². The Kier molecular flexibility index (Phi) is 3.57. The van der Waals surface area contributed by atoms with Gasteiger partial charge in [-0.1, -0.05) is 36.4 Å². The normalized spacial score (nSPS) is 19.5. The van der Waals surface area contributed by atoms with E-state index < -0.39 is 0 Å². The Morgan fingerprint density at radius 1 is 1.14 bits per heavy atom. The number of para-hydroxylation sites is 2. The summed E-state index contributed by atoms with van der Waals surface area (Å²) >= 11 is 0. The molecule has 0 saturated carbocycles. The number of carbonyl (C=O) groups excluding carboxylic acids is 1. The van der Waals surface area contributed by atoms with Crippen LogP contribution in [-0.4, -0.2) is 11.6 Å². The lowest BCUT2D eigenvalue weighted by Crippen LogP contribution is -2.30. The van der Waals surface area contributed by atoms with Crippen molar-refractivity contribution in [1.82, 2.24) is 0 Å². The molecule has 0 fully saturated rings. The van der Waals surface area contributed by atoms with Crippen LogP contribution in [0.4, 0.5) is 11.4 Å². The first-order valence-corrected chi connectivity index (χ1v) is 7.51. The first-order valence-electron chi connectivity index (χ1n) is 7.51. The first-order chi connectivity index (χ1) is 10.5. The second-order valence-electron chi connectivity index (χ2n) is 6.06. The molecule has 3 heteroatoms. The van der Waals surface area contributed by atoms with Crippen LogP contribution in [0.15, 0.2) is 53.5 Å². The molecule has 1 atom stereocenters. The van der Waals surface area contributed by atoms with E-state index in [-0.39, 0.29) is 11.3 Å². The number of amides is 1. The molecular weight excluding hydrogens is 272 g/mol. The molecule has 0 bridgehead atoms. The molecule has 2 aromatic carbocycles. The quantitative estimate of drug-likeness (QED) is 0.902. The van der Waals surface area contributed by atoms with Crippen molar-refractivity contribution in [2.75, 3.05) is 5.32 Å². The van der Waals surface area contributed by atoms with Gasteiger partial charge in [-0.05, 0) is 43.5 Å². The van der Waals surface area contributed by atoms with Gasteiger partial charge in [0.1, 0.15) is 0 Å². The van der Waals surface area contributed by atoms with Crippen LogP contribution < -0.4 is 5.32 Å². The molecule has 0 aromatic heterocycles. The predicted molar refractivity (Wildman–Crippen MR) is 91.0 cm³/mol. The maximum atomic E-state index is 11.4. The number of benzene rings is 2. The zero-order chi connectivity index (χ0) is 15.7. The van der Waals surface area contributed by atoms with E-state index in [1.54, 1.807) is 0 Å². The van der Waals surface area contributed by atoms with Crippen LogP contribution >= 0.6 is 0 Å². The van der Waals surface area contributed by atoms with Crippen LogP contribution in [0.5, 0.6) is 0 Å². The molecule has 2 aromatic rings. The van der Waals surface area contributed by atoms with E-state index in [1.165, 1.54) is 12.5 Å². The first kappa shape index (κ1) is 14.5. The summed E-state index contributed by atoms with van der Waals surface area (Å²) in [6.45, 7) is 5.85. The van der Waals surface area contributed by atoms with Gasteiger partial charge >= 0.3 is 0 Å². The second kappa shape index (κ2) is 5.41. The number of fused-ring (bicyclic) bond motifs is 1. The Bertz CT molecular complexity index is 764. The van der Waals surface area contributed by atoms with Crippen LogP contribution in [0.1, 0.15) is 31.9 Å². The number of anilines is 1. The average molecular weight is 292 g/mol. The minimum absolute atomic E-state index is 0.0465. The number of hydrogen-bond donors (Lipinski definition) is 1. The molecule has 0 saturated heterocycles. The fourth-order valence-electron chi connectivity index (χ4n) is 3.13. The number of rotatable bonds is 3. The molecule has 3 rings (SSSR count). The van der Waals surface area contributed by atoms with Gasteiger partial charge in [0.25, 0.3) is 0 Å². The molecule has 112 valence electrons. The third-order valence-electron chi connectivity index (χ3n) is 4.46. The highest BCUT2D eigenvalue weighted by molar-refractivity contribution is 6.00. The predicted octanol–water partition coefficient (Wildman–Crippen LogP) is 4.25. The molecule has 1 N–H and O–H groups in total. The molecule has 22 heavy (non-hydrogen) atoms. The zero-order valence-corrected chi connectivity index (χ0v) is 13.2. The van der Waals surface area contributed by atoms with E-state index in [2.05, 4.69) is 43.4 Å². The fourth-order valence-corrected chi connectivity index (χ4v) is 3.13. The SMILES string of the molecule is CC(=O)Nc1ccccc1CC1(C)C(C)=Nc2ccccc21. The number of aliphatic imine (C=N–C) groups is 1. The van der Waals surface area contributed by atoms with Gasteiger partial charge in [-0.3, -0.25) is 9.79 Å². The van der Waals surface area contributed by atoms with Gasteiger partial charge in [0.05, 0.1) is 5.69 Å². The van der Waals surface area contributed by atoms with E-state index in [4.69, 9.17) is 4.99 Å². The summed E-state index contributed by atoms with van der Waals surface area (Å²) in [5.41, 5.74) is 5.31. The summed E-state index contributed by atoms with van der Waals surface area (Å²) < 4.78 is 0. The summed E-state index contributed by atoms with van der Waals surface area (Å²) in [5, 5.41) is 2.92. The summed E-state index contributed by atoms with van der Waals surface area (Å²) in [7, 11) is 0. The van der Waals surface area contributed by atoms with Gasteiger partial charge < -0.3 is 5.32 Å². The highest BCUT2D eigenvalue weighted by Crippen LogP contribution is 2.42. The lowest BCUT2D eigenvalue weighted by molar-refractivity contribution is -0.114. The van der Waals surface area contributed by atoms with Gasteiger partial charge in [-0.15, -0.1) is 0 Å². The Balaban J connectivity index is 2.00.